The number of benzene rings is 1. The first-order valence-corrected chi connectivity index (χ1v) is 6.35. The van der Waals surface area contributed by atoms with E-state index in [4.69, 9.17) is 11.6 Å². The number of aromatic nitrogens is 2. The Balaban J connectivity index is 2.42. The molecule has 0 radical (unpaired) electrons. The molecule has 1 aromatic carbocycles. The maximum Gasteiger partial charge on any atom is 0.331 e. The highest BCUT2D eigenvalue weighted by molar-refractivity contribution is 6.35. The topological polar surface area (TPSA) is 44.0 Å². The lowest BCUT2D eigenvalue weighted by Crippen LogP contribution is -2.38. The Morgan fingerprint density at radius 1 is 1.33 bits per heavy atom. The van der Waals surface area contributed by atoms with Gasteiger partial charge in [-0.05, 0) is 30.9 Å². The van der Waals surface area contributed by atoms with E-state index in [2.05, 4.69) is 0 Å². The summed E-state index contributed by atoms with van der Waals surface area (Å²) in [5.41, 5.74) is 0.0526. The summed E-state index contributed by atoms with van der Waals surface area (Å²) in [6, 6.07) is 5.23. The van der Waals surface area contributed by atoms with Crippen LogP contribution in [0.4, 0.5) is 0 Å². The molecule has 0 unspecified atom stereocenters. The second-order valence-electron chi connectivity index (χ2n) is 4.83. The third-order valence-electron chi connectivity index (χ3n) is 3.46. The summed E-state index contributed by atoms with van der Waals surface area (Å²) in [5, 5.41) is 0.833. The number of hydrogen-bond acceptors (Lipinski definition) is 2. The van der Waals surface area contributed by atoms with Crippen LogP contribution in [-0.2, 0) is 13.6 Å². The van der Waals surface area contributed by atoms with E-state index in [1.165, 1.54) is 7.05 Å². The zero-order valence-corrected chi connectivity index (χ0v) is 10.8. The number of rotatable bonds is 2. The molecule has 0 atom stereocenters. The van der Waals surface area contributed by atoms with Gasteiger partial charge in [0.25, 0.3) is 5.56 Å². The maximum absolute atomic E-state index is 12.2. The Bertz CT molecular complexity index is 741. The Morgan fingerprint density at radius 2 is 2.06 bits per heavy atom. The Morgan fingerprint density at radius 3 is 2.72 bits per heavy atom. The zero-order chi connectivity index (χ0) is 12.9. The molecule has 0 saturated heterocycles. The van der Waals surface area contributed by atoms with Crippen LogP contribution >= 0.6 is 11.6 Å². The summed E-state index contributed by atoms with van der Waals surface area (Å²) >= 11 is 6.08. The van der Waals surface area contributed by atoms with Crippen LogP contribution in [0.25, 0.3) is 10.9 Å². The number of fused-ring (bicyclic) bond motifs is 1. The average Bonchev–Trinajstić information content (AvgIpc) is 3.15. The predicted octanol–water partition coefficient (Wildman–Crippen LogP) is 1.76. The quantitative estimate of drug-likeness (QED) is 0.830. The van der Waals surface area contributed by atoms with Crippen molar-refractivity contribution in [3.63, 3.8) is 0 Å². The molecule has 94 valence electrons. The summed E-state index contributed by atoms with van der Waals surface area (Å²) < 4.78 is 2.80. The fourth-order valence-corrected chi connectivity index (χ4v) is 2.47. The van der Waals surface area contributed by atoms with E-state index in [1.807, 2.05) is 0 Å². The van der Waals surface area contributed by atoms with Gasteiger partial charge >= 0.3 is 5.69 Å². The molecule has 0 bridgehead atoms. The number of halogens is 1. The van der Waals surface area contributed by atoms with E-state index in [0.717, 1.165) is 17.4 Å². The highest BCUT2D eigenvalue weighted by Crippen LogP contribution is 2.31. The molecule has 1 aliphatic carbocycles. The minimum Gasteiger partial charge on any atom is -0.293 e. The summed E-state index contributed by atoms with van der Waals surface area (Å²) in [4.78, 5) is 24.2. The lowest BCUT2D eigenvalue weighted by atomic mass is 10.2. The second-order valence-corrected chi connectivity index (χ2v) is 5.24. The molecule has 0 spiro atoms. The van der Waals surface area contributed by atoms with Crippen molar-refractivity contribution in [1.29, 1.82) is 0 Å². The van der Waals surface area contributed by atoms with Crippen molar-refractivity contribution in [2.24, 2.45) is 13.0 Å². The standard InChI is InChI=1S/C13H13ClN2O2/c1-15-12(17)11-9(14)3-2-4-10(11)16(13(15)18)7-8-5-6-8/h2-4,8H,5-7H2,1H3. The molecule has 0 aliphatic heterocycles. The van der Waals surface area contributed by atoms with Gasteiger partial charge in [0.05, 0.1) is 15.9 Å². The van der Waals surface area contributed by atoms with E-state index in [1.54, 1.807) is 22.8 Å². The summed E-state index contributed by atoms with van der Waals surface area (Å²) in [6.45, 7) is 0.670. The van der Waals surface area contributed by atoms with Gasteiger partial charge in [0.2, 0.25) is 0 Å². The van der Waals surface area contributed by atoms with Crippen molar-refractivity contribution in [1.82, 2.24) is 9.13 Å². The average molecular weight is 265 g/mol. The van der Waals surface area contributed by atoms with Crippen molar-refractivity contribution in [3.8, 4) is 0 Å². The molecule has 1 saturated carbocycles. The molecule has 1 aromatic heterocycles. The van der Waals surface area contributed by atoms with Gasteiger partial charge in [-0.3, -0.25) is 13.9 Å². The van der Waals surface area contributed by atoms with Crippen LogP contribution in [0.1, 0.15) is 12.8 Å². The SMILES string of the molecule is Cn1c(=O)c2c(Cl)cccc2n(CC2CC2)c1=O. The van der Waals surface area contributed by atoms with E-state index >= 15 is 0 Å². The van der Waals surface area contributed by atoms with Gasteiger partial charge in [-0.15, -0.1) is 0 Å². The molecule has 2 aromatic rings. The van der Waals surface area contributed by atoms with Gasteiger partial charge in [-0.1, -0.05) is 17.7 Å². The van der Waals surface area contributed by atoms with E-state index < -0.39 is 0 Å². The Hall–Kier alpha value is -1.55. The lowest BCUT2D eigenvalue weighted by molar-refractivity contribution is 0.581. The summed E-state index contributed by atoms with van der Waals surface area (Å²) in [5.74, 6) is 0.558. The first-order chi connectivity index (χ1) is 8.59. The molecule has 0 N–H and O–H groups in total. The van der Waals surface area contributed by atoms with Gasteiger partial charge in [-0.25, -0.2) is 4.79 Å². The Kier molecular flexibility index (Phi) is 2.55. The van der Waals surface area contributed by atoms with Crippen molar-refractivity contribution >= 4 is 22.5 Å². The normalized spacial score (nSPS) is 15.2. The third kappa shape index (κ3) is 1.68. The smallest absolute Gasteiger partial charge is 0.293 e. The third-order valence-corrected chi connectivity index (χ3v) is 3.77. The first kappa shape index (κ1) is 11.5. The summed E-state index contributed by atoms with van der Waals surface area (Å²) in [7, 11) is 1.50. The van der Waals surface area contributed by atoms with Crippen LogP contribution in [0.2, 0.25) is 5.02 Å². The highest BCUT2D eigenvalue weighted by Gasteiger charge is 2.24. The van der Waals surface area contributed by atoms with Crippen LogP contribution in [-0.4, -0.2) is 9.13 Å². The monoisotopic (exact) mass is 264 g/mol. The molecule has 1 heterocycles. The van der Waals surface area contributed by atoms with Gasteiger partial charge in [0.1, 0.15) is 0 Å². The molecule has 1 fully saturated rings. The molecular formula is C13H13ClN2O2. The van der Waals surface area contributed by atoms with E-state index in [-0.39, 0.29) is 11.2 Å². The fourth-order valence-electron chi connectivity index (χ4n) is 2.22. The first-order valence-electron chi connectivity index (χ1n) is 5.97. The van der Waals surface area contributed by atoms with Gasteiger partial charge < -0.3 is 0 Å². The van der Waals surface area contributed by atoms with Crippen molar-refractivity contribution in [2.45, 2.75) is 19.4 Å². The van der Waals surface area contributed by atoms with E-state index in [0.29, 0.717) is 28.4 Å². The molecule has 0 amide bonds. The number of hydrogen-bond donors (Lipinski definition) is 0. The van der Waals surface area contributed by atoms with Crippen LogP contribution in [0.3, 0.4) is 0 Å². The molecular weight excluding hydrogens is 252 g/mol. The predicted molar refractivity (Wildman–Crippen MR) is 71.2 cm³/mol. The zero-order valence-electron chi connectivity index (χ0n) is 10.0. The largest absolute Gasteiger partial charge is 0.331 e. The van der Waals surface area contributed by atoms with Crippen LogP contribution in [0.15, 0.2) is 27.8 Å². The molecule has 5 heteroatoms. The fraction of sp³-hybridized carbons (Fsp3) is 0.385. The van der Waals surface area contributed by atoms with Crippen LogP contribution < -0.4 is 11.2 Å². The van der Waals surface area contributed by atoms with E-state index in [9.17, 15) is 9.59 Å². The van der Waals surface area contributed by atoms with Crippen molar-refractivity contribution in [3.05, 3.63) is 44.1 Å². The van der Waals surface area contributed by atoms with Crippen molar-refractivity contribution in [2.75, 3.05) is 0 Å². The van der Waals surface area contributed by atoms with Gasteiger partial charge in [0.15, 0.2) is 0 Å². The summed E-state index contributed by atoms with van der Waals surface area (Å²) in [6.07, 6.45) is 2.30. The number of nitrogens with zero attached hydrogens (tertiary/aromatic N) is 2. The van der Waals surface area contributed by atoms with Crippen molar-refractivity contribution < 1.29 is 0 Å². The van der Waals surface area contributed by atoms with Crippen LogP contribution in [0, 0.1) is 5.92 Å². The second kappa shape index (κ2) is 3.99. The molecule has 1 aliphatic rings. The minimum absolute atomic E-state index is 0.262. The highest BCUT2D eigenvalue weighted by atomic mass is 35.5. The van der Waals surface area contributed by atoms with Crippen LogP contribution in [0.5, 0.6) is 0 Å². The maximum atomic E-state index is 12.2. The Labute approximate surface area is 108 Å². The minimum atomic E-state index is -0.326. The lowest BCUT2D eigenvalue weighted by Gasteiger charge is -2.12. The molecule has 18 heavy (non-hydrogen) atoms. The molecule has 4 nitrogen and oxygen atoms in total. The molecule has 3 rings (SSSR count). The van der Waals surface area contributed by atoms with Gasteiger partial charge in [-0.2, -0.15) is 0 Å². The van der Waals surface area contributed by atoms with Gasteiger partial charge in [0, 0.05) is 13.6 Å².